The van der Waals surface area contributed by atoms with Gasteiger partial charge in [0.1, 0.15) is 5.75 Å². The fraction of sp³-hybridized carbons (Fsp3) is 0.400. The molecule has 3 N–H and O–H groups in total. The van der Waals surface area contributed by atoms with Crippen molar-refractivity contribution in [2.45, 2.75) is 31.3 Å². The van der Waals surface area contributed by atoms with E-state index in [-0.39, 0.29) is 24.6 Å². The van der Waals surface area contributed by atoms with E-state index in [1.165, 1.54) is 0 Å². The first-order valence-corrected chi connectivity index (χ1v) is 11.4. The zero-order valence-corrected chi connectivity index (χ0v) is 19.5. The summed E-state index contributed by atoms with van der Waals surface area (Å²) in [5.41, 5.74) is 2.91. The predicted octanol–water partition coefficient (Wildman–Crippen LogP) is 2.43. The molecule has 2 aliphatic rings. The molecule has 1 aromatic carbocycles. The number of hydrogen-bond donors (Lipinski definition) is 3. The van der Waals surface area contributed by atoms with Gasteiger partial charge in [0.05, 0.1) is 25.2 Å². The van der Waals surface area contributed by atoms with Gasteiger partial charge in [0, 0.05) is 66.3 Å². The van der Waals surface area contributed by atoms with Crippen molar-refractivity contribution in [1.29, 1.82) is 0 Å². The number of methoxy groups -OCH3 is 1. The van der Waals surface area contributed by atoms with Crippen LogP contribution in [0, 0.1) is 0 Å². The van der Waals surface area contributed by atoms with Gasteiger partial charge in [-0.25, -0.2) is 4.79 Å². The standard InChI is InChI=1S/C25H29N5O4/c1-15(2)27-24(33)30-14-25(12-29(13-25)23(32)16-6-8-26-9-7-16)21-18-5-4-17(34-3)10-19(18)28-22(21)20(30)11-31/h4-10,15,20,28,31H,11-14H2,1-3H3,(H,27,33)/t20-/m0/s1. The number of ether oxygens (including phenoxy) is 1. The molecule has 178 valence electrons. The molecular formula is C25H29N5O4. The van der Waals surface area contributed by atoms with Crippen molar-refractivity contribution < 1.29 is 19.4 Å². The van der Waals surface area contributed by atoms with E-state index in [1.807, 2.05) is 32.0 Å². The lowest BCUT2D eigenvalue weighted by Crippen LogP contribution is -2.68. The van der Waals surface area contributed by atoms with Crippen LogP contribution < -0.4 is 10.1 Å². The molecule has 34 heavy (non-hydrogen) atoms. The average Bonchev–Trinajstić information content (AvgIpc) is 3.20. The van der Waals surface area contributed by atoms with E-state index in [9.17, 15) is 14.7 Å². The Bertz CT molecular complexity index is 1230. The van der Waals surface area contributed by atoms with Crippen LogP contribution in [0.2, 0.25) is 0 Å². The molecule has 1 fully saturated rings. The molecule has 0 bridgehead atoms. The molecule has 9 heteroatoms. The van der Waals surface area contributed by atoms with Gasteiger partial charge < -0.3 is 29.9 Å². The number of amides is 3. The number of aliphatic hydroxyl groups is 1. The Morgan fingerprint density at radius 1 is 1.24 bits per heavy atom. The van der Waals surface area contributed by atoms with Crippen molar-refractivity contribution in [3.05, 3.63) is 59.5 Å². The van der Waals surface area contributed by atoms with Gasteiger partial charge in [-0.15, -0.1) is 0 Å². The third-order valence-corrected chi connectivity index (χ3v) is 6.80. The van der Waals surface area contributed by atoms with Crippen LogP contribution in [0.1, 0.15) is 41.5 Å². The van der Waals surface area contributed by atoms with E-state index in [2.05, 4.69) is 15.3 Å². The lowest BCUT2D eigenvalue weighted by molar-refractivity contribution is 0.0119. The number of H-pyrrole nitrogens is 1. The number of urea groups is 1. The third-order valence-electron chi connectivity index (χ3n) is 6.80. The molecule has 9 nitrogen and oxygen atoms in total. The van der Waals surface area contributed by atoms with E-state index in [0.717, 1.165) is 27.9 Å². The van der Waals surface area contributed by atoms with Crippen LogP contribution in [-0.2, 0) is 5.41 Å². The van der Waals surface area contributed by atoms with Crippen LogP contribution in [0.3, 0.4) is 0 Å². The summed E-state index contributed by atoms with van der Waals surface area (Å²) in [6.07, 6.45) is 3.22. The third kappa shape index (κ3) is 3.47. The molecule has 3 amide bonds. The van der Waals surface area contributed by atoms with Crippen LogP contribution in [0.4, 0.5) is 4.79 Å². The number of likely N-dealkylation sites (tertiary alicyclic amines) is 1. The lowest BCUT2D eigenvalue weighted by atomic mass is 9.68. The van der Waals surface area contributed by atoms with E-state index in [4.69, 9.17) is 4.74 Å². The van der Waals surface area contributed by atoms with Crippen molar-refractivity contribution in [2.24, 2.45) is 0 Å². The molecule has 0 aliphatic carbocycles. The summed E-state index contributed by atoms with van der Waals surface area (Å²) in [5, 5.41) is 14.3. The second-order valence-corrected chi connectivity index (χ2v) is 9.43. The number of fused-ring (bicyclic) bond motifs is 4. The molecule has 1 spiro atoms. The van der Waals surface area contributed by atoms with E-state index in [0.29, 0.717) is 25.2 Å². The highest BCUT2D eigenvalue weighted by Crippen LogP contribution is 2.48. The highest BCUT2D eigenvalue weighted by Gasteiger charge is 2.55. The number of aromatic nitrogens is 2. The van der Waals surface area contributed by atoms with Crippen LogP contribution in [-0.4, -0.2) is 76.2 Å². The number of pyridine rings is 1. The minimum absolute atomic E-state index is 0.0395. The summed E-state index contributed by atoms with van der Waals surface area (Å²) >= 11 is 0. The Morgan fingerprint density at radius 2 is 1.97 bits per heavy atom. The van der Waals surface area contributed by atoms with Crippen LogP contribution in [0.25, 0.3) is 10.9 Å². The van der Waals surface area contributed by atoms with Crippen molar-refractivity contribution >= 4 is 22.8 Å². The van der Waals surface area contributed by atoms with Gasteiger partial charge in [0.15, 0.2) is 0 Å². The van der Waals surface area contributed by atoms with Crippen LogP contribution in [0.15, 0.2) is 42.7 Å². The fourth-order valence-electron chi connectivity index (χ4n) is 5.31. The highest BCUT2D eigenvalue weighted by molar-refractivity contribution is 5.96. The van der Waals surface area contributed by atoms with Crippen molar-refractivity contribution in [3.63, 3.8) is 0 Å². The van der Waals surface area contributed by atoms with Gasteiger partial charge in [-0.1, -0.05) is 0 Å². The summed E-state index contributed by atoms with van der Waals surface area (Å²) in [5.74, 6) is 0.664. The summed E-state index contributed by atoms with van der Waals surface area (Å²) in [4.78, 5) is 37.2. The Balaban J connectivity index is 1.57. The predicted molar refractivity (Wildman–Crippen MR) is 127 cm³/mol. The first-order chi connectivity index (χ1) is 16.4. The monoisotopic (exact) mass is 463 g/mol. The molecule has 0 unspecified atom stereocenters. The molecule has 0 saturated carbocycles. The molecule has 1 atom stereocenters. The average molecular weight is 464 g/mol. The fourth-order valence-corrected chi connectivity index (χ4v) is 5.31. The smallest absolute Gasteiger partial charge is 0.318 e. The molecule has 4 heterocycles. The number of carbonyl (C=O) groups is 2. The largest absolute Gasteiger partial charge is 0.497 e. The van der Waals surface area contributed by atoms with Crippen LogP contribution >= 0.6 is 0 Å². The van der Waals surface area contributed by atoms with Gasteiger partial charge in [-0.05, 0) is 43.7 Å². The summed E-state index contributed by atoms with van der Waals surface area (Å²) in [6.45, 7) is 4.96. The SMILES string of the molecule is COc1ccc2c3c([nH]c2c1)[C@H](CO)N(C(=O)NC(C)C)CC31CN(C(=O)c2ccncc2)C1. The zero-order chi connectivity index (χ0) is 24.0. The van der Waals surface area contributed by atoms with Gasteiger partial charge in [0.25, 0.3) is 5.91 Å². The first kappa shape index (κ1) is 22.2. The number of aromatic amines is 1. The maximum Gasteiger partial charge on any atom is 0.318 e. The van der Waals surface area contributed by atoms with Crippen LogP contribution in [0.5, 0.6) is 5.75 Å². The minimum atomic E-state index is -0.511. The van der Waals surface area contributed by atoms with Crippen molar-refractivity contribution in [2.75, 3.05) is 33.4 Å². The highest BCUT2D eigenvalue weighted by atomic mass is 16.5. The van der Waals surface area contributed by atoms with Gasteiger partial charge in [-0.3, -0.25) is 9.78 Å². The number of nitrogens with zero attached hydrogens (tertiary/aromatic N) is 3. The van der Waals surface area contributed by atoms with E-state index in [1.54, 1.807) is 41.4 Å². The number of rotatable bonds is 4. The Kier molecular flexibility index (Phi) is 5.44. The number of benzene rings is 1. The second kappa shape index (κ2) is 8.32. The summed E-state index contributed by atoms with van der Waals surface area (Å²) in [7, 11) is 1.62. The molecular weight excluding hydrogens is 434 g/mol. The second-order valence-electron chi connectivity index (χ2n) is 9.43. The summed E-state index contributed by atoms with van der Waals surface area (Å²) < 4.78 is 5.40. The molecule has 5 rings (SSSR count). The normalized spacial score (nSPS) is 18.7. The Labute approximate surface area is 197 Å². The van der Waals surface area contributed by atoms with Gasteiger partial charge in [-0.2, -0.15) is 0 Å². The molecule has 2 aliphatic heterocycles. The maximum atomic E-state index is 13.2. The number of carbonyl (C=O) groups excluding carboxylic acids is 2. The lowest BCUT2D eigenvalue weighted by Gasteiger charge is -2.56. The molecule has 0 radical (unpaired) electrons. The Morgan fingerprint density at radius 3 is 2.62 bits per heavy atom. The number of nitrogens with one attached hydrogen (secondary N) is 2. The van der Waals surface area contributed by atoms with Crippen molar-refractivity contribution in [1.82, 2.24) is 25.1 Å². The summed E-state index contributed by atoms with van der Waals surface area (Å²) in [6, 6.07) is 8.49. The number of aliphatic hydroxyl groups excluding tert-OH is 1. The quantitative estimate of drug-likeness (QED) is 0.550. The molecule has 1 saturated heterocycles. The van der Waals surface area contributed by atoms with Crippen molar-refractivity contribution in [3.8, 4) is 5.75 Å². The molecule has 2 aromatic heterocycles. The first-order valence-electron chi connectivity index (χ1n) is 11.4. The zero-order valence-electron chi connectivity index (χ0n) is 19.5. The van der Waals surface area contributed by atoms with Gasteiger partial charge in [0.2, 0.25) is 0 Å². The molecule has 3 aromatic rings. The van der Waals surface area contributed by atoms with E-state index < -0.39 is 11.5 Å². The minimum Gasteiger partial charge on any atom is -0.497 e. The maximum absolute atomic E-state index is 13.2. The number of hydrogen-bond acceptors (Lipinski definition) is 5. The topological polar surface area (TPSA) is 111 Å². The van der Waals surface area contributed by atoms with E-state index >= 15 is 0 Å². The van der Waals surface area contributed by atoms with Gasteiger partial charge >= 0.3 is 6.03 Å². The Hall–Kier alpha value is -3.59.